The summed E-state index contributed by atoms with van der Waals surface area (Å²) in [6, 6.07) is 1.69. The van der Waals surface area contributed by atoms with E-state index in [1.807, 2.05) is 0 Å². The van der Waals surface area contributed by atoms with Crippen molar-refractivity contribution in [1.29, 1.82) is 0 Å². The molecule has 0 atom stereocenters. The Kier molecular flexibility index (Phi) is 2.37. The van der Waals surface area contributed by atoms with Crippen LogP contribution >= 0.6 is 0 Å². The first-order valence-corrected chi connectivity index (χ1v) is 3.08. The molecule has 5 heteroatoms. The summed E-state index contributed by atoms with van der Waals surface area (Å²) in [5.41, 5.74) is 4.88. The van der Waals surface area contributed by atoms with Gasteiger partial charge in [-0.3, -0.25) is 4.79 Å². The van der Waals surface area contributed by atoms with Gasteiger partial charge < -0.3 is 11.1 Å². The molecule has 0 spiro atoms. The number of nitrogens with zero attached hydrogens (tertiary/aromatic N) is 2. The van der Waals surface area contributed by atoms with Gasteiger partial charge in [0.2, 0.25) is 11.9 Å². The second-order valence-corrected chi connectivity index (χ2v) is 1.89. The van der Waals surface area contributed by atoms with Crippen LogP contribution < -0.4 is 11.1 Å². The standard InChI is InChI=1S/C6H8N4O/c7-5(11)4-10-6-8-2-1-3-9-6/h1-3H,4H2,(H2,7,11)(H,8,9,10). The lowest BCUT2D eigenvalue weighted by atomic mass is 10.6. The zero-order valence-corrected chi connectivity index (χ0v) is 5.82. The van der Waals surface area contributed by atoms with Crippen molar-refractivity contribution in [2.75, 3.05) is 11.9 Å². The van der Waals surface area contributed by atoms with E-state index in [4.69, 9.17) is 5.73 Å². The van der Waals surface area contributed by atoms with E-state index in [0.717, 1.165) is 0 Å². The van der Waals surface area contributed by atoms with Crippen molar-refractivity contribution in [2.45, 2.75) is 0 Å². The fraction of sp³-hybridized carbons (Fsp3) is 0.167. The van der Waals surface area contributed by atoms with Crippen LogP contribution in [0.25, 0.3) is 0 Å². The molecular weight excluding hydrogens is 144 g/mol. The Bertz CT molecular complexity index is 236. The number of primary amides is 1. The Morgan fingerprint density at radius 2 is 2.18 bits per heavy atom. The van der Waals surface area contributed by atoms with Crippen LogP contribution in [-0.2, 0) is 4.79 Å². The van der Waals surface area contributed by atoms with Crippen LogP contribution in [0.3, 0.4) is 0 Å². The van der Waals surface area contributed by atoms with E-state index in [2.05, 4.69) is 15.3 Å². The van der Waals surface area contributed by atoms with Crippen LogP contribution in [0, 0.1) is 0 Å². The zero-order valence-electron chi connectivity index (χ0n) is 5.82. The molecule has 0 aromatic carbocycles. The third-order valence-corrected chi connectivity index (χ3v) is 0.987. The number of nitrogens with two attached hydrogens (primary N) is 1. The van der Waals surface area contributed by atoms with Gasteiger partial charge in [-0.25, -0.2) is 9.97 Å². The first kappa shape index (κ1) is 7.46. The maximum Gasteiger partial charge on any atom is 0.236 e. The summed E-state index contributed by atoms with van der Waals surface area (Å²) in [6.07, 6.45) is 3.16. The topological polar surface area (TPSA) is 80.9 Å². The molecule has 1 heterocycles. The minimum absolute atomic E-state index is 0.0595. The molecule has 1 rings (SSSR count). The van der Waals surface area contributed by atoms with Gasteiger partial charge in [0.1, 0.15) is 0 Å². The lowest BCUT2D eigenvalue weighted by molar-refractivity contribution is -0.116. The van der Waals surface area contributed by atoms with Crippen molar-refractivity contribution < 1.29 is 4.79 Å². The molecule has 1 aromatic rings. The molecular formula is C6H8N4O. The van der Waals surface area contributed by atoms with Gasteiger partial charge in [0, 0.05) is 12.4 Å². The molecule has 11 heavy (non-hydrogen) atoms. The molecule has 1 amide bonds. The quantitative estimate of drug-likeness (QED) is 0.604. The minimum Gasteiger partial charge on any atom is -0.368 e. The number of hydrogen-bond acceptors (Lipinski definition) is 4. The number of aromatic nitrogens is 2. The molecule has 0 bridgehead atoms. The minimum atomic E-state index is -0.433. The highest BCUT2D eigenvalue weighted by molar-refractivity contribution is 5.78. The Morgan fingerprint density at radius 3 is 2.73 bits per heavy atom. The number of nitrogens with one attached hydrogen (secondary N) is 1. The molecule has 1 aromatic heterocycles. The number of anilines is 1. The molecule has 0 saturated carbocycles. The van der Waals surface area contributed by atoms with Gasteiger partial charge in [-0.15, -0.1) is 0 Å². The Labute approximate surface area is 63.7 Å². The first-order valence-electron chi connectivity index (χ1n) is 3.08. The maximum absolute atomic E-state index is 10.3. The lowest BCUT2D eigenvalue weighted by Gasteiger charge is -1.98. The van der Waals surface area contributed by atoms with E-state index < -0.39 is 5.91 Å². The van der Waals surface area contributed by atoms with Crippen molar-refractivity contribution in [3.8, 4) is 0 Å². The fourth-order valence-electron chi connectivity index (χ4n) is 0.557. The Balaban J connectivity index is 2.45. The van der Waals surface area contributed by atoms with Crippen LogP contribution in [0.1, 0.15) is 0 Å². The van der Waals surface area contributed by atoms with Crippen molar-refractivity contribution in [1.82, 2.24) is 9.97 Å². The summed E-state index contributed by atoms with van der Waals surface area (Å²) in [5, 5.41) is 2.65. The number of carbonyl (C=O) groups is 1. The highest BCUT2D eigenvalue weighted by Gasteiger charge is 1.94. The molecule has 0 fully saturated rings. The van der Waals surface area contributed by atoms with E-state index in [9.17, 15) is 4.79 Å². The third kappa shape index (κ3) is 2.61. The van der Waals surface area contributed by atoms with Gasteiger partial charge in [0.25, 0.3) is 0 Å². The average molecular weight is 152 g/mol. The molecule has 0 saturated heterocycles. The predicted octanol–water partition coefficient (Wildman–Crippen LogP) is -0.626. The van der Waals surface area contributed by atoms with Crippen molar-refractivity contribution in [3.05, 3.63) is 18.5 Å². The molecule has 0 aliphatic carbocycles. The normalized spacial score (nSPS) is 9.09. The van der Waals surface area contributed by atoms with Crippen molar-refractivity contribution in [3.63, 3.8) is 0 Å². The van der Waals surface area contributed by atoms with Gasteiger partial charge >= 0.3 is 0 Å². The van der Waals surface area contributed by atoms with Gasteiger partial charge in [-0.1, -0.05) is 0 Å². The zero-order chi connectivity index (χ0) is 8.10. The van der Waals surface area contributed by atoms with Gasteiger partial charge in [-0.2, -0.15) is 0 Å². The number of hydrogen-bond donors (Lipinski definition) is 2. The molecule has 3 N–H and O–H groups in total. The van der Waals surface area contributed by atoms with E-state index in [1.165, 1.54) is 0 Å². The molecule has 0 radical (unpaired) electrons. The van der Waals surface area contributed by atoms with Crippen LogP contribution in [-0.4, -0.2) is 22.4 Å². The van der Waals surface area contributed by atoms with Crippen LogP contribution in [0.15, 0.2) is 18.5 Å². The number of amides is 1. The summed E-state index contributed by atoms with van der Waals surface area (Å²) >= 11 is 0. The van der Waals surface area contributed by atoms with Crippen LogP contribution in [0.4, 0.5) is 5.95 Å². The van der Waals surface area contributed by atoms with Crippen LogP contribution in [0.5, 0.6) is 0 Å². The van der Waals surface area contributed by atoms with E-state index in [-0.39, 0.29) is 6.54 Å². The van der Waals surface area contributed by atoms with Gasteiger partial charge in [-0.05, 0) is 6.07 Å². The Morgan fingerprint density at radius 1 is 1.55 bits per heavy atom. The predicted molar refractivity (Wildman–Crippen MR) is 39.7 cm³/mol. The van der Waals surface area contributed by atoms with Gasteiger partial charge in [0.05, 0.1) is 6.54 Å². The third-order valence-electron chi connectivity index (χ3n) is 0.987. The second-order valence-electron chi connectivity index (χ2n) is 1.89. The summed E-state index contributed by atoms with van der Waals surface area (Å²) in [6.45, 7) is 0.0595. The van der Waals surface area contributed by atoms with Crippen molar-refractivity contribution >= 4 is 11.9 Å². The molecule has 5 nitrogen and oxygen atoms in total. The summed E-state index contributed by atoms with van der Waals surface area (Å²) in [5.74, 6) is -0.0243. The molecule has 58 valence electrons. The SMILES string of the molecule is NC(=O)CNc1ncccn1. The Hall–Kier alpha value is -1.65. The molecule has 0 aliphatic rings. The van der Waals surface area contributed by atoms with E-state index in [1.54, 1.807) is 18.5 Å². The fourth-order valence-corrected chi connectivity index (χ4v) is 0.557. The molecule has 0 aliphatic heterocycles. The summed E-state index contributed by atoms with van der Waals surface area (Å²) in [4.78, 5) is 17.9. The van der Waals surface area contributed by atoms with Crippen molar-refractivity contribution in [2.24, 2.45) is 5.73 Å². The highest BCUT2D eigenvalue weighted by atomic mass is 16.1. The highest BCUT2D eigenvalue weighted by Crippen LogP contribution is 1.91. The second kappa shape index (κ2) is 3.50. The molecule has 0 unspecified atom stereocenters. The van der Waals surface area contributed by atoms with Crippen LogP contribution in [0.2, 0.25) is 0 Å². The number of rotatable bonds is 3. The van der Waals surface area contributed by atoms with Gasteiger partial charge in [0.15, 0.2) is 0 Å². The summed E-state index contributed by atoms with van der Waals surface area (Å²) in [7, 11) is 0. The van der Waals surface area contributed by atoms with E-state index >= 15 is 0 Å². The monoisotopic (exact) mass is 152 g/mol. The van der Waals surface area contributed by atoms with E-state index in [0.29, 0.717) is 5.95 Å². The maximum atomic E-state index is 10.3. The smallest absolute Gasteiger partial charge is 0.236 e. The number of carbonyl (C=O) groups excluding carboxylic acids is 1. The largest absolute Gasteiger partial charge is 0.368 e. The lowest BCUT2D eigenvalue weighted by Crippen LogP contribution is -2.22. The summed E-state index contributed by atoms with van der Waals surface area (Å²) < 4.78 is 0. The first-order chi connectivity index (χ1) is 5.29. The average Bonchev–Trinajstić information content (AvgIpc) is 2.03.